The molecule has 8 nitrogen and oxygen atoms in total. The smallest absolute Gasteiger partial charge is 0.264 e. The van der Waals surface area contributed by atoms with Gasteiger partial charge in [-0.15, -0.1) is 0 Å². The molecule has 0 aliphatic carbocycles. The van der Waals surface area contributed by atoms with Gasteiger partial charge in [-0.25, -0.2) is 4.98 Å². The van der Waals surface area contributed by atoms with Gasteiger partial charge in [-0.05, 0) is 30.5 Å². The van der Waals surface area contributed by atoms with Crippen LogP contribution in [0.2, 0.25) is 0 Å². The molecule has 1 atom stereocenters. The van der Waals surface area contributed by atoms with E-state index < -0.39 is 0 Å². The van der Waals surface area contributed by atoms with Gasteiger partial charge in [0.2, 0.25) is 5.91 Å². The van der Waals surface area contributed by atoms with E-state index in [0.29, 0.717) is 17.6 Å². The van der Waals surface area contributed by atoms with E-state index >= 15 is 0 Å². The number of hydrogen-bond donors (Lipinski definition) is 0. The average molecular weight is 367 g/mol. The van der Waals surface area contributed by atoms with Crippen molar-refractivity contribution in [2.24, 2.45) is 7.05 Å². The fourth-order valence-corrected chi connectivity index (χ4v) is 3.65. The number of nitrogens with zero attached hydrogens (tertiary/aromatic N) is 5. The lowest BCUT2D eigenvalue weighted by Crippen LogP contribution is -2.36. The fraction of sp³-hybridized carbons (Fsp3) is 0.368. The molecule has 0 N–H and O–H groups in total. The number of likely N-dealkylation sites (tertiary alicyclic amines) is 1. The number of amides is 1. The molecular weight excluding hydrogens is 346 g/mol. The predicted octanol–water partition coefficient (Wildman–Crippen LogP) is 1.50. The maximum atomic E-state index is 12.9. The molecule has 1 aliphatic heterocycles. The Balaban J connectivity index is 1.56. The first-order valence-electron chi connectivity index (χ1n) is 8.89. The highest BCUT2D eigenvalue weighted by Gasteiger charge is 2.30. The van der Waals surface area contributed by atoms with E-state index in [-0.39, 0.29) is 24.1 Å². The van der Waals surface area contributed by atoms with Crippen LogP contribution in [0.15, 0.2) is 41.6 Å². The Kier molecular flexibility index (Phi) is 4.39. The molecule has 1 saturated heterocycles. The number of hydrogen-bond acceptors (Lipinski definition) is 5. The molecule has 0 radical (unpaired) electrons. The van der Waals surface area contributed by atoms with Crippen LogP contribution in [0.1, 0.15) is 24.4 Å². The molecule has 0 saturated carbocycles. The van der Waals surface area contributed by atoms with Gasteiger partial charge in [0.25, 0.3) is 5.56 Å². The zero-order chi connectivity index (χ0) is 19.0. The van der Waals surface area contributed by atoms with E-state index in [1.54, 1.807) is 18.8 Å². The number of benzene rings is 1. The zero-order valence-corrected chi connectivity index (χ0v) is 15.3. The first-order valence-corrected chi connectivity index (χ1v) is 8.89. The Bertz CT molecular complexity index is 1040. The molecule has 0 bridgehead atoms. The van der Waals surface area contributed by atoms with Crippen molar-refractivity contribution in [3.8, 4) is 5.75 Å². The number of ether oxygens (including phenoxy) is 1. The van der Waals surface area contributed by atoms with Gasteiger partial charge in [0.15, 0.2) is 5.65 Å². The van der Waals surface area contributed by atoms with Crippen molar-refractivity contribution in [2.45, 2.75) is 25.4 Å². The summed E-state index contributed by atoms with van der Waals surface area (Å²) >= 11 is 0. The van der Waals surface area contributed by atoms with Gasteiger partial charge in [-0.3, -0.25) is 18.8 Å². The number of carbonyl (C=O) groups is 1. The van der Waals surface area contributed by atoms with Crippen LogP contribution in [0, 0.1) is 0 Å². The van der Waals surface area contributed by atoms with Crippen LogP contribution in [0.4, 0.5) is 0 Å². The molecule has 2 aromatic heterocycles. The van der Waals surface area contributed by atoms with Crippen molar-refractivity contribution in [3.63, 3.8) is 0 Å². The summed E-state index contributed by atoms with van der Waals surface area (Å²) in [6.45, 7) is 0.663. The Morgan fingerprint density at radius 2 is 2.07 bits per heavy atom. The number of rotatable bonds is 4. The molecule has 3 heterocycles. The van der Waals surface area contributed by atoms with Crippen molar-refractivity contribution >= 4 is 16.9 Å². The molecule has 8 heteroatoms. The third-order valence-electron chi connectivity index (χ3n) is 5.10. The highest BCUT2D eigenvalue weighted by molar-refractivity contribution is 5.78. The minimum Gasteiger partial charge on any atom is -0.497 e. The van der Waals surface area contributed by atoms with E-state index in [4.69, 9.17) is 4.74 Å². The van der Waals surface area contributed by atoms with Gasteiger partial charge in [0.05, 0.1) is 19.3 Å². The summed E-state index contributed by atoms with van der Waals surface area (Å²) in [5, 5.41) is 4.47. The van der Waals surface area contributed by atoms with E-state index in [1.165, 1.54) is 17.1 Å². The first-order chi connectivity index (χ1) is 13.1. The number of aryl methyl sites for hydroxylation is 1. The molecule has 1 aromatic carbocycles. The molecule has 0 unspecified atom stereocenters. The zero-order valence-electron chi connectivity index (χ0n) is 15.3. The van der Waals surface area contributed by atoms with Crippen molar-refractivity contribution < 1.29 is 9.53 Å². The Morgan fingerprint density at radius 1 is 1.30 bits per heavy atom. The lowest BCUT2D eigenvalue weighted by molar-refractivity contribution is -0.132. The summed E-state index contributed by atoms with van der Waals surface area (Å²) in [5.74, 6) is 0.706. The molecule has 1 amide bonds. The summed E-state index contributed by atoms with van der Waals surface area (Å²) in [4.78, 5) is 31.6. The third-order valence-corrected chi connectivity index (χ3v) is 5.10. The molecule has 4 rings (SSSR count). The minimum absolute atomic E-state index is 0.0224. The summed E-state index contributed by atoms with van der Waals surface area (Å²) in [7, 11) is 3.36. The molecule has 0 spiro atoms. The quantitative estimate of drug-likeness (QED) is 0.698. The topological polar surface area (TPSA) is 82.2 Å². The molecule has 1 fully saturated rings. The summed E-state index contributed by atoms with van der Waals surface area (Å²) in [6, 6.07) is 7.81. The Hall–Kier alpha value is -3.16. The van der Waals surface area contributed by atoms with E-state index in [1.807, 2.05) is 29.2 Å². The third kappa shape index (κ3) is 3.07. The van der Waals surface area contributed by atoms with Gasteiger partial charge in [-0.2, -0.15) is 5.10 Å². The fourth-order valence-electron chi connectivity index (χ4n) is 3.65. The second-order valence-corrected chi connectivity index (χ2v) is 6.70. The van der Waals surface area contributed by atoms with Crippen molar-refractivity contribution in [3.05, 3.63) is 52.7 Å². The number of aromatic nitrogens is 4. The second kappa shape index (κ2) is 6.86. The molecular formula is C19H21N5O3. The standard InChI is InChI=1S/C19H21N5O3/c1-22-18-15(10-21-22)19(26)23(12-20-18)11-17(25)24-9-3-4-16(24)13-5-7-14(27-2)8-6-13/h5-8,10,12,16H,3-4,9,11H2,1-2H3/t16-/m1/s1. The normalized spacial score (nSPS) is 16.8. The number of carbonyl (C=O) groups excluding carboxylic acids is 1. The van der Waals surface area contributed by atoms with Crippen molar-refractivity contribution in [1.29, 1.82) is 0 Å². The van der Waals surface area contributed by atoms with Crippen molar-refractivity contribution in [1.82, 2.24) is 24.2 Å². The maximum absolute atomic E-state index is 12.9. The Morgan fingerprint density at radius 3 is 2.81 bits per heavy atom. The first kappa shape index (κ1) is 17.3. The largest absolute Gasteiger partial charge is 0.497 e. The Labute approximate surface area is 156 Å². The predicted molar refractivity (Wildman–Crippen MR) is 99.5 cm³/mol. The van der Waals surface area contributed by atoms with Crippen molar-refractivity contribution in [2.75, 3.05) is 13.7 Å². The summed E-state index contributed by atoms with van der Waals surface area (Å²) in [6.07, 6.45) is 4.76. The minimum atomic E-state index is -0.248. The van der Waals surface area contributed by atoms with Gasteiger partial charge < -0.3 is 9.64 Å². The van der Waals surface area contributed by atoms with Crippen LogP contribution in [-0.2, 0) is 18.4 Å². The van der Waals surface area contributed by atoms with E-state index in [0.717, 1.165) is 24.2 Å². The number of fused-ring (bicyclic) bond motifs is 1. The molecule has 140 valence electrons. The van der Waals surface area contributed by atoms with Crippen LogP contribution in [0.3, 0.4) is 0 Å². The summed E-state index contributed by atoms with van der Waals surface area (Å²) in [5.41, 5.74) is 1.34. The van der Waals surface area contributed by atoms with Gasteiger partial charge in [0.1, 0.15) is 24.0 Å². The van der Waals surface area contributed by atoms with E-state index in [9.17, 15) is 9.59 Å². The van der Waals surface area contributed by atoms with Crippen LogP contribution in [-0.4, -0.2) is 43.8 Å². The van der Waals surface area contributed by atoms with Crippen LogP contribution in [0.5, 0.6) is 5.75 Å². The lowest BCUT2D eigenvalue weighted by Gasteiger charge is -2.25. The van der Waals surface area contributed by atoms with Gasteiger partial charge in [-0.1, -0.05) is 12.1 Å². The van der Waals surface area contributed by atoms with Crippen LogP contribution in [0.25, 0.3) is 11.0 Å². The lowest BCUT2D eigenvalue weighted by atomic mass is 10.0. The molecule has 3 aromatic rings. The number of methoxy groups -OCH3 is 1. The highest BCUT2D eigenvalue weighted by atomic mass is 16.5. The maximum Gasteiger partial charge on any atom is 0.264 e. The van der Waals surface area contributed by atoms with Gasteiger partial charge >= 0.3 is 0 Å². The average Bonchev–Trinajstić information content (AvgIpc) is 3.32. The SMILES string of the molecule is COc1ccc([C@H]2CCCN2C(=O)Cn2cnc3c(cnn3C)c2=O)cc1. The second-order valence-electron chi connectivity index (χ2n) is 6.70. The van der Waals surface area contributed by atoms with E-state index in [2.05, 4.69) is 10.1 Å². The van der Waals surface area contributed by atoms with Crippen LogP contribution >= 0.6 is 0 Å². The monoisotopic (exact) mass is 367 g/mol. The molecule has 27 heavy (non-hydrogen) atoms. The highest BCUT2D eigenvalue weighted by Crippen LogP contribution is 2.32. The molecule has 1 aliphatic rings. The summed E-state index contributed by atoms with van der Waals surface area (Å²) < 4.78 is 8.10. The van der Waals surface area contributed by atoms with Crippen LogP contribution < -0.4 is 10.3 Å². The van der Waals surface area contributed by atoms with Gasteiger partial charge in [0, 0.05) is 13.6 Å².